The molecule has 186 valence electrons. The number of nitrogens with zero attached hydrogens (tertiary/aromatic N) is 2. The lowest BCUT2D eigenvalue weighted by Crippen LogP contribution is -2.29. The van der Waals surface area contributed by atoms with E-state index in [1.807, 2.05) is 13.8 Å². The first-order valence-corrected chi connectivity index (χ1v) is 12.3. The van der Waals surface area contributed by atoms with E-state index >= 15 is 0 Å². The molecule has 2 aromatic carbocycles. The molecule has 0 spiro atoms. The van der Waals surface area contributed by atoms with Crippen LogP contribution in [0, 0.1) is 0 Å². The van der Waals surface area contributed by atoms with Gasteiger partial charge in [0, 0.05) is 11.6 Å². The summed E-state index contributed by atoms with van der Waals surface area (Å²) in [5, 5.41) is 6.75. The van der Waals surface area contributed by atoms with Crippen LogP contribution in [-0.2, 0) is 22.7 Å². The molecule has 0 aliphatic heterocycles. The van der Waals surface area contributed by atoms with Crippen LogP contribution in [0.3, 0.4) is 0 Å². The number of halogens is 4. The zero-order valence-corrected chi connectivity index (χ0v) is 20.6. The fraction of sp³-hybridized carbons (Fsp3) is 0.348. The molecule has 1 heterocycles. The van der Waals surface area contributed by atoms with E-state index in [1.165, 1.54) is 22.6 Å². The Bertz CT molecular complexity index is 1180. The van der Waals surface area contributed by atoms with E-state index in [-0.39, 0.29) is 25.1 Å². The molecule has 0 amide bonds. The minimum atomic E-state index is -4.44. The van der Waals surface area contributed by atoms with Gasteiger partial charge in [-0.1, -0.05) is 32.0 Å². The minimum Gasteiger partial charge on any atom is -0.490 e. The fourth-order valence-electron chi connectivity index (χ4n) is 3.42. The first-order valence-electron chi connectivity index (χ1n) is 10.5. The Morgan fingerprint density at radius 1 is 1.09 bits per heavy atom. The molecule has 34 heavy (non-hydrogen) atoms. The smallest absolute Gasteiger partial charge is 0.416 e. The van der Waals surface area contributed by atoms with Crippen molar-refractivity contribution in [3.8, 4) is 17.0 Å². The first-order chi connectivity index (χ1) is 15.5. The molecule has 0 atom stereocenters. The van der Waals surface area contributed by atoms with Crippen LogP contribution < -0.4 is 9.04 Å². The number of hydrogen-bond donors (Lipinski definition) is 1. The molecule has 0 radical (unpaired) electrons. The standard InChI is InChI=1S/C23H26F3N3O3S.ClH/c1-4-20(5-2)32-21-8-6-7-19(13-21)29(33(3,30)31)15-17-14-27-28-22(17)16-9-11-18(12-10-16)23(24,25)26;/h6-14,20H,4-5,15H2,1-3H3,(H,27,28);1H. The van der Waals surface area contributed by atoms with Gasteiger partial charge in [0.25, 0.3) is 0 Å². The van der Waals surface area contributed by atoms with Crippen LogP contribution in [0.1, 0.15) is 37.8 Å². The molecule has 6 nitrogen and oxygen atoms in total. The number of sulfonamides is 1. The van der Waals surface area contributed by atoms with Gasteiger partial charge in [0.1, 0.15) is 5.75 Å². The van der Waals surface area contributed by atoms with Crippen LogP contribution in [0.2, 0.25) is 0 Å². The zero-order chi connectivity index (χ0) is 24.2. The van der Waals surface area contributed by atoms with Crippen molar-refractivity contribution >= 4 is 28.1 Å². The van der Waals surface area contributed by atoms with Crippen LogP contribution in [0.5, 0.6) is 5.75 Å². The number of rotatable bonds is 9. The van der Waals surface area contributed by atoms with Gasteiger partial charge in [-0.05, 0) is 42.7 Å². The van der Waals surface area contributed by atoms with E-state index < -0.39 is 21.8 Å². The van der Waals surface area contributed by atoms with Crippen LogP contribution in [-0.4, -0.2) is 31.0 Å². The number of nitrogens with one attached hydrogen (secondary N) is 1. The SMILES string of the molecule is CCC(CC)Oc1cccc(N(Cc2cn[nH]c2-c2ccc(C(F)(F)F)cc2)S(C)(=O)=O)c1.Cl. The Morgan fingerprint density at radius 2 is 1.74 bits per heavy atom. The summed E-state index contributed by atoms with van der Waals surface area (Å²) in [4.78, 5) is 0. The van der Waals surface area contributed by atoms with Gasteiger partial charge in [-0.2, -0.15) is 18.3 Å². The monoisotopic (exact) mass is 517 g/mol. The number of benzene rings is 2. The molecule has 0 saturated carbocycles. The van der Waals surface area contributed by atoms with E-state index in [1.54, 1.807) is 24.3 Å². The van der Waals surface area contributed by atoms with E-state index in [9.17, 15) is 21.6 Å². The molecule has 0 bridgehead atoms. The Balaban J connectivity index is 0.00000408. The number of anilines is 1. The molecule has 1 aromatic heterocycles. The van der Waals surface area contributed by atoms with E-state index in [0.29, 0.717) is 28.3 Å². The molecule has 11 heteroatoms. The van der Waals surface area contributed by atoms with Crippen LogP contribution in [0.4, 0.5) is 18.9 Å². The maximum absolute atomic E-state index is 12.9. The quantitative estimate of drug-likeness (QED) is 0.375. The highest BCUT2D eigenvalue weighted by atomic mass is 35.5. The highest BCUT2D eigenvalue weighted by Crippen LogP contribution is 2.32. The Hall–Kier alpha value is -2.72. The highest BCUT2D eigenvalue weighted by molar-refractivity contribution is 7.92. The number of aromatic amines is 1. The minimum absolute atomic E-state index is 0. The van der Waals surface area contributed by atoms with Crippen molar-refractivity contribution in [2.24, 2.45) is 0 Å². The molecule has 0 unspecified atom stereocenters. The van der Waals surface area contributed by atoms with Crippen molar-refractivity contribution in [1.29, 1.82) is 0 Å². The van der Waals surface area contributed by atoms with Crippen molar-refractivity contribution in [2.45, 2.75) is 45.5 Å². The average Bonchev–Trinajstić information content (AvgIpc) is 3.23. The fourth-order valence-corrected chi connectivity index (χ4v) is 4.29. The maximum atomic E-state index is 12.9. The van der Waals surface area contributed by atoms with Gasteiger partial charge >= 0.3 is 6.18 Å². The largest absolute Gasteiger partial charge is 0.490 e. The molecular weight excluding hydrogens is 491 g/mol. The summed E-state index contributed by atoms with van der Waals surface area (Å²) in [7, 11) is -3.69. The summed E-state index contributed by atoms with van der Waals surface area (Å²) in [5.74, 6) is 0.560. The van der Waals surface area contributed by atoms with E-state index in [0.717, 1.165) is 31.2 Å². The van der Waals surface area contributed by atoms with Gasteiger partial charge in [0.2, 0.25) is 10.0 Å². The molecule has 0 aliphatic rings. The number of H-pyrrole nitrogens is 1. The van der Waals surface area contributed by atoms with Gasteiger partial charge in [-0.3, -0.25) is 9.40 Å². The number of alkyl halides is 3. The number of aromatic nitrogens is 2. The second kappa shape index (κ2) is 11.1. The van der Waals surface area contributed by atoms with Crippen molar-refractivity contribution in [1.82, 2.24) is 10.2 Å². The van der Waals surface area contributed by atoms with Gasteiger partial charge in [-0.25, -0.2) is 8.42 Å². The van der Waals surface area contributed by atoms with Crippen LogP contribution >= 0.6 is 12.4 Å². The third kappa shape index (κ3) is 6.66. The lowest BCUT2D eigenvalue weighted by molar-refractivity contribution is -0.137. The molecule has 0 aliphatic carbocycles. The summed E-state index contributed by atoms with van der Waals surface area (Å²) < 4.78 is 71.1. The highest BCUT2D eigenvalue weighted by Gasteiger charge is 2.30. The van der Waals surface area contributed by atoms with E-state index in [4.69, 9.17) is 4.74 Å². The lowest BCUT2D eigenvalue weighted by Gasteiger charge is -2.24. The first kappa shape index (κ1) is 27.5. The van der Waals surface area contributed by atoms with Crippen molar-refractivity contribution in [3.63, 3.8) is 0 Å². The van der Waals surface area contributed by atoms with Gasteiger partial charge in [-0.15, -0.1) is 12.4 Å². The summed E-state index contributed by atoms with van der Waals surface area (Å²) >= 11 is 0. The van der Waals surface area contributed by atoms with Crippen LogP contribution in [0.15, 0.2) is 54.7 Å². The number of ether oxygens (including phenoxy) is 1. The van der Waals surface area contributed by atoms with E-state index in [2.05, 4.69) is 10.2 Å². The Labute approximate surface area is 203 Å². The third-order valence-corrected chi connectivity index (χ3v) is 6.39. The third-order valence-electron chi connectivity index (χ3n) is 5.25. The summed E-state index contributed by atoms with van der Waals surface area (Å²) in [6.07, 6.45) is -0.213. The predicted molar refractivity (Wildman–Crippen MR) is 129 cm³/mol. The molecular formula is C23H27ClF3N3O3S. The van der Waals surface area contributed by atoms with Crippen molar-refractivity contribution in [2.75, 3.05) is 10.6 Å². The predicted octanol–water partition coefficient (Wildman–Crippen LogP) is 6.05. The Kier molecular flexibility index (Phi) is 9.02. The second-order valence-corrected chi connectivity index (χ2v) is 9.58. The summed E-state index contributed by atoms with van der Waals surface area (Å²) in [5.41, 5.74) is 1.09. The molecule has 3 aromatic rings. The van der Waals surface area contributed by atoms with Gasteiger partial charge < -0.3 is 4.74 Å². The van der Waals surface area contributed by atoms with Gasteiger partial charge in [0.15, 0.2) is 0 Å². The molecule has 3 rings (SSSR count). The second-order valence-electron chi connectivity index (χ2n) is 7.67. The Morgan fingerprint density at radius 3 is 2.29 bits per heavy atom. The van der Waals surface area contributed by atoms with Crippen molar-refractivity contribution < 1.29 is 26.3 Å². The summed E-state index contributed by atoms with van der Waals surface area (Å²) in [6, 6.07) is 11.4. The zero-order valence-electron chi connectivity index (χ0n) is 19.0. The maximum Gasteiger partial charge on any atom is 0.416 e. The topological polar surface area (TPSA) is 75.3 Å². The lowest BCUT2D eigenvalue weighted by atomic mass is 10.1. The average molecular weight is 518 g/mol. The normalized spacial score (nSPS) is 11.9. The molecule has 1 N–H and O–H groups in total. The summed E-state index contributed by atoms with van der Waals surface area (Å²) in [6.45, 7) is 3.98. The van der Waals surface area contributed by atoms with Crippen molar-refractivity contribution in [3.05, 3.63) is 65.9 Å². The number of hydrogen-bond acceptors (Lipinski definition) is 4. The molecule has 0 fully saturated rings. The molecule has 0 saturated heterocycles. The van der Waals surface area contributed by atoms with Gasteiger partial charge in [0.05, 0.1) is 42.0 Å². The van der Waals surface area contributed by atoms with Crippen LogP contribution in [0.25, 0.3) is 11.3 Å².